The van der Waals surface area contributed by atoms with Crippen molar-refractivity contribution in [3.05, 3.63) is 107 Å². The number of hydrogen-bond acceptors (Lipinski definition) is 12. The zero-order valence-corrected chi connectivity index (χ0v) is 42.7. The van der Waals surface area contributed by atoms with E-state index < -0.39 is 46.9 Å². The number of benzene rings is 3. The van der Waals surface area contributed by atoms with Gasteiger partial charge in [0, 0.05) is 38.3 Å². The van der Waals surface area contributed by atoms with Crippen molar-refractivity contribution in [3.63, 3.8) is 0 Å². The third-order valence-electron chi connectivity index (χ3n) is 12.7. The van der Waals surface area contributed by atoms with Crippen LogP contribution in [0.2, 0.25) is 0 Å². The topological polar surface area (TPSA) is 175 Å². The predicted octanol–water partition coefficient (Wildman–Crippen LogP) is 9.19. The van der Waals surface area contributed by atoms with Gasteiger partial charge in [0.25, 0.3) is 5.91 Å². The van der Waals surface area contributed by atoms with E-state index in [4.69, 9.17) is 26.4 Å². The molecule has 20 heteroatoms. The lowest BCUT2D eigenvalue weighted by Crippen LogP contribution is -2.49. The largest absolute Gasteiger partial charge is 0.494 e. The van der Waals surface area contributed by atoms with Crippen molar-refractivity contribution in [3.8, 4) is 28.0 Å². The van der Waals surface area contributed by atoms with Crippen molar-refractivity contribution in [2.24, 2.45) is 5.92 Å². The summed E-state index contributed by atoms with van der Waals surface area (Å²) < 4.78 is 60.4. The molecule has 2 aromatic heterocycles. The van der Waals surface area contributed by atoms with Gasteiger partial charge in [0.05, 0.1) is 76.7 Å². The van der Waals surface area contributed by atoms with Crippen molar-refractivity contribution >= 4 is 57.8 Å². The van der Waals surface area contributed by atoms with Crippen LogP contribution in [-0.4, -0.2) is 98.3 Å². The number of aryl methyl sites for hydroxylation is 1. The van der Waals surface area contributed by atoms with Crippen molar-refractivity contribution in [1.82, 2.24) is 25.0 Å². The van der Waals surface area contributed by atoms with E-state index in [0.29, 0.717) is 50.0 Å². The van der Waals surface area contributed by atoms with Crippen LogP contribution in [0.25, 0.3) is 10.4 Å². The molecule has 0 saturated carbocycles. The predicted molar refractivity (Wildman–Crippen MR) is 271 cm³/mol. The first-order valence-corrected chi connectivity index (χ1v) is 25.2. The first-order chi connectivity index (χ1) is 34.3. The molecule has 4 atom stereocenters. The minimum atomic E-state index is -4.79. The molecule has 72 heavy (non-hydrogen) atoms. The van der Waals surface area contributed by atoms with Crippen LogP contribution in [0.3, 0.4) is 0 Å². The summed E-state index contributed by atoms with van der Waals surface area (Å²) in [5, 5.41) is 27.4. The molecular formula is C52H59F3N8O7S2. The summed E-state index contributed by atoms with van der Waals surface area (Å²) in [6.07, 6.45) is 0.861. The number of rotatable bonds is 21. The highest BCUT2D eigenvalue weighted by Crippen LogP contribution is 2.40. The Bertz CT molecular complexity index is 2760. The average Bonchev–Trinajstić information content (AvgIpc) is 4.13. The number of alkyl halides is 3. The lowest BCUT2D eigenvalue weighted by Gasteiger charge is -2.30. The van der Waals surface area contributed by atoms with E-state index in [2.05, 4.69) is 15.4 Å². The van der Waals surface area contributed by atoms with E-state index in [1.54, 1.807) is 77.5 Å². The molecule has 2 fully saturated rings. The Morgan fingerprint density at radius 2 is 1.62 bits per heavy atom. The van der Waals surface area contributed by atoms with E-state index >= 15 is 0 Å². The number of amides is 3. The molecule has 0 radical (unpaired) electrons. The Morgan fingerprint density at radius 1 is 0.958 bits per heavy atom. The van der Waals surface area contributed by atoms with E-state index in [-0.39, 0.29) is 47.5 Å². The van der Waals surface area contributed by atoms with Gasteiger partial charge in [-0.1, -0.05) is 38.1 Å². The van der Waals surface area contributed by atoms with Crippen LogP contribution in [0, 0.1) is 24.2 Å². The molecule has 3 aromatic carbocycles. The third kappa shape index (κ3) is 12.1. The number of nitrogens with one attached hydrogen (secondary N) is 1. The fourth-order valence-corrected chi connectivity index (χ4v) is 10.2. The molecule has 2 N–H and O–H groups in total. The highest BCUT2D eigenvalue weighted by Gasteiger charge is 2.51. The summed E-state index contributed by atoms with van der Waals surface area (Å²) >= 11 is 7.21. The quantitative estimate of drug-likeness (QED) is 0.0528. The molecule has 0 spiro atoms. The summed E-state index contributed by atoms with van der Waals surface area (Å²) in [4.78, 5) is 50.9. The van der Waals surface area contributed by atoms with Crippen molar-refractivity contribution < 1.29 is 46.9 Å². The number of aromatic nitrogens is 3. The number of thiazole rings is 1. The number of unbranched alkanes of at least 4 members (excludes halogenated alkanes) is 2. The smallest absolute Gasteiger partial charge is 0.417 e. The SMILES string of the molecule is Cc1ncsc1-c1ccc([C@H](C)NC(=O)[C@@H]2C[C@@H](O)CN2C(=O)[C@H](C(C)C)n2cc(OCCCOCCCCCOc3ccc(N4C(=S)N(c5ccc(C#N)c(C(F)(F)F)c5)C(=O)C4(C)C)cc3)cn2)cc1. The number of ether oxygens (including phenoxy) is 3. The second-order valence-corrected chi connectivity index (χ2v) is 20.0. The number of likely N-dealkylation sites (tertiary alicyclic amines) is 1. The van der Waals surface area contributed by atoms with Crippen molar-refractivity contribution in [1.29, 1.82) is 5.26 Å². The zero-order valence-electron chi connectivity index (χ0n) is 41.0. The number of nitrogens with zero attached hydrogens (tertiary/aromatic N) is 7. The van der Waals surface area contributed by atoms with Gasteiger partial charge in [-0.3, -0.25) is 24.0 Å². The Labute approximate surface area is 426 Å². The number of carbonyl (C=O) groups excluding carboxylic acids is 3. The molecule has 5 aromatic rings. The van der Waals surface area contributed by atoms with Crippen LogP contribution >= 0.6 is 23.6 Å². The molecule has 4 heterocycles. The maximum atomic E-state index is 14.1. The second-order valence-electron chi connectivity index (χ2n) is 18.7. The highest BCUT2D eigenvalue weighted by molar-refractivity contribution is 7.81. The Kier molecular flexibility index (Phi) is 17.1. The molecule has 0 bridgehead atoms. The first kappa shape index (κ1) is 53.4. The Morgan fingerprint density at radius 3 is 2.29 bits per heavy atom. The maximum absolute atomic E-state index is 14.1. The number of anilines is 2. The summed E-state index contributed by atoms with van der Waals surface area (Å²) in [5.41, 5.74) is 2.34. The number of nitriles is 1. The molecule has 2 aliphatic rings. The molecular weight excluding hydrogens is 970 g/mol. The Hall–Kier alpha value is -6.40. The molecule has 15 nitrogen and oxygen atoms in total. The monoisotopic (exact) mass is 1030 g/mol. The van der Waals surface area contributed by atoms with Crippen LogP contribution in [0.5, 0.6) is 11.5 Å². The van der Waals surface area contributed by atoms with Crippen LogP contribution < -0.4 is 24.6 Å². The van der Waals surface area contributed by atoms with Gasteiger partial charge in [-0.2, -0.15) is 23.5 Å². The van der Waals surface area contributed by atoms with Gasteiger partial charge in [-0.15, -0.1) is 11.3 Å². The number of aliphatic hydroxyl groups excluding tert-OH is 1. The van der Waals surface area contributed by atoms with Gasteiger partial charge >= 0.3 is 6.18 Å². The number of hydrogen-bond donors (Lipinski definition) is 2. The summed E-state index contributed by atoms with van der Waals surface area (Å²) in [6.45, 7) is 12.9. The fraction of sp³-hybridized carbons (Fsp3) is 0.442. The van der Waals surface area contributed by atoms with Gasteiger partial charge < -0.3 is 34.4 Å². The number of thiocarbonyl (C=S) groups is 1. The van der Waals surface area contributed by atoms with E-state index in [1.165, 1.54) is 11.0 Å². The molecule has 2 aliphatic heterocycles. The average molecular weight is 1030 g/mol. The van der Waals surface area contributed by atoms with Crippen molar-refractivity contribution in [2.45, 2.75) is 110 Å². The summed E-state index contributed by atoms with van der Waals surface area (Å²) in [6, 6.07) is 17.7. The maximum Gasteiger partial charge on any atom is 0.417 e. The van der Waals surface area contributed by atoms with Crippen LogP contribution in [0.4, 0.5) is 24.5 Å². The normalized spacial score (nSPS) is 17.6. The molecule has 0 unspecified atom stereocenters. The van der Waals surface area contributed by atoms with Crippen molar-refractivity contribution in [2.75, 3.05) is 42.8 Å². The molecule has 7 rings (SSSR count). The molecule has 382 valence electrons. The second kappa shape index (κ2) is 23.0. The lowest BCUT2D eigenvalue weighted by molar-refractivity contribution is -0.142. The van der Waals surface area contributed by atoms with Crippen LogP contribution in [0.15, 0.2) is 84.6 Å². The molecule has 2 saturated heterocycles. The minimum absolute atomic E-state index is 0.00978. The standard InChI is InChI=1S/C52H59F3N8O7S2/c1-32(2)45(48(66)60-29-40(64)26-44(60)47(65)59-33(3)35-11-13-36(14-12-35)46-34(4)57-31-72-46)61-30-42(28-58-61)70-24-10-22-68-21-8-7-9-23-69-41-19-17-38(18-20-41)63-50(71)62(49(67)51(63,5)6)39-16-15-37(27-56)43(25-39)52(53,54)55/h11-20,25,28,30-33,40,44-45,64H,7-10,21-24,26,29H2,1-6H3,(H,59,65)/t33-,40+,44-,45-/m0/s1. The van der Waals surface area contributed by atoms with Crippen LogP contribution in [-0.2, 0) is 25.3 Å². The molecule has 0 aliphatic carbocycles. The third-order valence-corrected chi connectivity index (χ3v) is 14.1. The summed E-state index contributed by atoms with van der Waals surface area (Å²) in [7, 11) is 0. The first-order valence-electron chi connectivity index (χ1n) is 23.9. The Balaban J connectivity index is 0.796. The van der Waals surface area contributed by atoms with Gasteiger partial charge in [0.1, 0.15) is 23.4 Å². The van der Waals surface area contributed by atoms with Gasteiger partial charge in [-0.25, -0.2) is 4.98 Å². The lowest BCUT2D eigenvalue weighted by atomic mass is 10.0. The minimum Gasteiger partial charge on any atom is -0.494 e. The summed E-state index contributed by atoms with van der Waals surface area (Å²) in [5.74, 6) is -0.212. The van der Waals surface area contributed by atoms with E-state index in [9.17, 15) is 37.9 Å². The van der Waals surface area contributed by atoms with Crippen LogP contribution in [0.1, 0.15) is 101 Å². The highest BCUT2D eigenvalue weighted by atomic mass is 32.1. The van der Waals surface area contributed by atoms with E-state index in [0.717, 1.165) is 58.0 Å². The number of aliphatic hydroxyl groups is 1. The number of carbonyl (C=O) groups is 3. The van der Waals surface area contributed by atoms with Gasteiger partial charge in [-0.05, 0) is 119 Å². The zero-order chi connectivity index (χ0) is 51.9. The number of β-amino-alcohol motifs (C(OH)–C–C–N with tert-alkyl or cyclic N) is 1. The van der Waals surface area contributed by atoms with E-state index in [1.807, 2.05) is 57.5 Å². The fourth-order valence-electron chi connectivity index (χ4n) is 8.90. The van der Waals surface area contributed by atoms with Gasteiger partial charge in [0.15, 0.2) is 10.9 Å². The van der Waals surface area contributed by atoms with Gasteiger partial charge in [0.2, 0.25) is 11.8 Å². The molecule has 3 amide bonds. The number of halogens is 3.